The first-order chi connectivity index (χ1) is 5.81. The maximum atomic E-state index is 5.90. The number of fused-ring (bicyclic) bond motifs is 1. The quantitative estimate of drug-likeness (QED) is 0.642. The first-order valence-corrected chi connectivity index (χ1v) is 4.78. The summed E-state index contributed by atoms with van der Waals surface area (Å²) in [5.41, 5.74) is 9.46. The summed E-state index contributed by atoms with van der Waals surface area (Å²) in [7, 11) is 0. The van der Waals surface area contributed by atoms with Crippen molar-refractivity contribution in [2.45, 2.75) is 24.6 Å². The Labute approximate surface area is 77.6 Å². The van der Waals surface area contributed by atoms with Gasteiger partial charge in [-0.05, 0) is 24.0 Å². The van der Waals surface area contributed by atoms with E-state index < -0.39 is 0 Å². The second kappa shape index (κ2) is 3.07. The van der Waals surface area contributed by atoms with Crippen molar-refractivity contribution in [3.8, 4) is 0 Å². The van der Waals surface area contributed by atoms with Gasteiger partial charge in [-0.2, -0.15) is 12.6 Å². The molecule has 2 rings (SSSR count). The lowest BCUT2D eigenvalue weighted by Crippen LogP contribution is -2.05. The molecule has 0 aromatic carbocycles. The van der Waals surface area contributed by atoms with Crippen molar-refractivity contribution in [3.63, 3.8) is 0 Å². The van der Waals surface area contributed by atoms with Crippen LogP contribution in [-0.2, 0) is 12.2 Å². The van der Waals surface area contributed by atoms with Crippen molar-refractivity contribution in [2.24, 2.45) is 5.73 Å². The molecule has 1 aliphatic rings. The van der Waals surface area contributed by atoms with E-state index in [1.54, 1.807) is 0 Å². The molecule has 0 radical (unpaired) electrons. The highest BCUT2D eigenvalue weighted by Crippen LogP contribution is 2.28. The fraction of sp³-hybridized carbons (Fsp3) is 0.444. The average Bonchev–Trinajstić information content (AvgIpc) is 2.47. The molecular weight excluding hydrogens is 168 g/mol. The van der Waals surface area contributed by atoms with Gasteiger partial charge in [-0.3, -0.25) is 4.98 Å². The maximum Gasteiger partial charge on any atom is 0.0452 e. The Hall–Kier alpha value is -0.540. The zero-order chi connectivity index (χ0) is 8.55. The molecule has 0 bridgehead atoms. The first kappa shape index (κ1) is 8.08. The average molecular weight is 180 g/mol. The van der Waals surface area contributed by atoms with Crippen LogP contribution < -0.4 is 5.73 Å². The number of nitrogens with zero attached hydrogens (tertiary/aromatic N) is 1. The van der Waals surface area contributed by atoms with E-state index in [4.69, 9.17) is 5.73 Å². The van der Waals surface area contributed by atoms with E-state index in [-0.39, 0.29) is 6.04 Å². The van der Waals surface area contributed by atoms with Gasteiger partial charge < -0.3 is 5.73 Å². The highest BCUT2D eigenvalue weighted by molar-refractivity contribution is 7.79. The van der Waals surface area contributed by atoms with Crippen molar-refractivity contribution in [1.29, 1.82) is 0 Å². The van der Waals surface area contributed by atoms with Crippen molar-refractivity contribution in [3.05, 3.63) is 29.1 Å². The van der Waals surface area contributed by atoms with Gasteiger partial charge in [-0.1, -0.05) is 6.07 Å². The molecule has 3 heteroatoms. The molecule has 0 saturated heterocycles. The molecule has 1 aromatic rings. The Morgan fingerprint density at radius 3 is 3.25 bits per heavy atom. The molecule has 2 nitrogen and oxygen atoms in total. The van der Waals surface area contributed by atoms with Crippen LogP contribution in [0.1, 0.15) is 29.3 Å². The molecule has 0 amide bonds. The lowest BCUT2D eigenvalue weighted by molar-refractivity contribution is 0.712. The number of thiol groups is 1. The molecule has 12 heavy (non-hydrogen) atoms. The first-order valence-electron chi connectivity index (χ1n) is 4.15. The zero-order valence-corrected chi connectivity index (χ0v) is 7.72. The smallest absolute Gasteiger partial charge is 0.0452 e. The Morgan fingerprint density at radius 1 is 1.67 bits per heavy atom. The van der Waals surface area contributed by atoms with Crippen molar-refractivity contribution in [1.82, 2.24) is 4.98 Å². The van der Waals surface area contributed by atoms with Crippen LogP contribution in [0.2, 0.25) is 0 Å². The van der Waals surface area contributed by atoms with Crippen molar-refractivity contribution in [2.75, 3.05) is 0 Å². The minimum atomic E-state index is 0.201. The van der Waals surface area contributed by atoms with Crippen LogP contribution in [0.15, 0.2) is 12.3 Å². The van der Waals surface area contributed by atoms with Crippen LogP contribution in [0.4, 0.5) is 0 Å². The van der Waals surface area contributed by atoms with Gasteiger partial charge in [-0.25, -0.2) is 0 Å². The third-order valence-corrected chi connectivity index (χ3v) is 2.70. The molecule has 0 saturated carbocycles. The molecule has 1 heterocycles. The summed E-state index contributed by atoms with van der Waals surface area (Å²) in [5, 5.41) is 0. The minimum Gasteiger partial charge on any atom is -0.324 e. The van der Waals surface area contributed by atoms with Gasteiger partial charge in [0.25, 0.3) is 0 Å². The predicted molar refractivity (Wildman–Crippen MR) is 52.2 cm³/mol. The summed E-state index contributed by atoms with van der Waals surface area (Å²) in [6, 6.07) is 2.33. The lowest BCUT2D eigenvalue weighted by Gasteiger charge is -2.04. The van der Waals surface area contributed by atoms with Gasteiger partial charge in [0.1, 0.15) is 0 Å². The number of pyridine rings is 1. The van der Waals surface area contributed by atoms with Crippen LogP contribution in [0.5, 0.6) is 0 Å². The summed E-state index contributed by atoms with van der Waals surface area (Å²) in [6.45, 7) is 0. The molecule has 1 aromatic heterocycles. The van der Waals surface area contributed by atoms with Crippen LogP contribution >= 0.6 is 12.6 Å². The normalized spacial score (nSPS) is 21.0. The number of hydrogen-bond donors (Lipinski definition) is 2. The summed E-state index contributed by atoms with van der Waals surface area (Å²) in [6.07, 6.45) is 3.96. The Morgan fingerprint density at radius 2 is 2.50 bits per heavy atom. The third kappa shape index (κ3) is 1.23. The number of rotatable bonds is 1. The van der Waals surface area contributed by atoms with E-state index >= 15 is 0 Å². The van der Waals surface area contributed by atoms with E-state index in [0.717, 1.165) is 24.2 Å². The number of aromatic nitrogens is 1. The molecule has 1 aliphatic carbocycles. The van der Waals surface area contributed by atoms with Crippen molar-refractivity contribution < 1.29 is 0 Å². The van der Waals surface area contributed by atoms with Crippen LogP contribution in [-0.4, -0.2) is 4.98 Å². The molecule has 1 atom stereocenters. The highest BCUT2D eigenvalue weighted by Gasteiger charge is 2.19. The Bertz CT molecular complexity index is 299. The molecule has 0 fully saturated rings. The summed E-state index contributed by atoms with van der Waals surface area (Å²) >= 11 is 4.20. The molecular formula is C9H12N2S. The van der Waals surface area contributed by atoms with Crippen LogP contribution in [0.3, 0.4) is 0 Å². The molecule has 2 N–H and O–H groups in total. The predicted octanol–water partition coefficient (Wildman–Crippen LogP) is 1.46. The van der Waals surface area contributed by atoms with Gasteiger partial charge in [-0.15, -0.1) is 0 Å². The number of hydrogen-bond acceptors (Lipinski definition) is 3. The Balaban J connectivity index is 2.43. The SMILES string of the molecule is NC1CCc2ncc(CS)cc21. The van der Waals surface area contributed by atoms with Gasteiger partial charge in [0.2, 0.25) is 0 Å². The van der Waals surface area contributed by atoms with E-state index in [1.165, 1.54) is 11.3 Å². The standard InChI is InChI=1S/C9H12N2S/c10-8-1-2-9-7(8)3-6(5-12)4-11-9/h3-4,8,12H,1-2,5,10H2. The molecule has 64 valence electrons. The second-order valence-corrected chi connectivity index (χ2v) is 3.50. The number of aryl methyl sites for hydroxylation is 1. The largest absolute Gasteiger partial charge is 0.324 e. The van der Waals surface area contributed by atoms with Gasteiger partial charge in [0.15, 0.2) is 0 Å². The van der Waals surface area contributed by atoms with Crippen LogP contribution in [0, 0.1) is 0 Å². The summed E-state index contributed by atoms with van der Waals surface area (Å²) < 4.78 is 0. The molecule has 0 aliphatic heterocycles. The molecule has 0 spiro atoms. The molecule has 1 unspecified atom stereocenters. The fourth-order valence-electron chi connectivity index (χ4n) is 1.62. The topological polar surface area (TPSA) is 38.9 Å². The summed E-state index contributed by atoms with van der Waals surface area (Å²) in [5.74, 6) is 0.743. The zero-order valence-electron chi connectivity index (χ0n) is 6.83. The number of nitrogens with two attached hydrogens (primary N) is 1. The lowest BCUT2D eigenvalue weighted by atomic mass is 10.1. The maximum absolute atomic E-state index is 5.90. The van der Waals surface area contributed by atoms with E-state index in [2.05, 4.69) is 23.7 Å². The highest BCUT2D eigenvalue weighted by atomic mass is 32.1. The third-order valence-electron chi connectivity index (χ3n) is 2.33. The minimum absolute atomic E-state index is 0.201. The van der Waals surface area contributed by atoms with E-state index in [0.29, 0.717) is 0 Å². The van der Waals surface area contributed by atoms with E-state index in [1.807, 2.05) is 6.20 Å². The van der Waals surface area contributed by atoms with Gasteiger partial charge in [0.05, 0.1) is 0 Å². The summed E-state index contributed by atoms with van der Waals surface area (Å²) in [4.78, 5) is 4.35. The van der Waals surface area contributed by atoms with Gasteiger partial charge >= 0.3 is 0 Å². The van der Waals surface area contributed by atoms with Crippen molar-refractivity contribution >= 4 is 12.6 Å². The second-order valence-electron chi connectivity index (χ2n) is 3.18. The van der Waals surface area contributed by atoms with Crippen LogP contribution in [0.25, 0.3) is 0 Å². The van der Waals surface area contributed by atoms with Gasteiger partial charge in [0, 0.05) is 23.7 Å². The Kier molecular flexibility index (Phi) is 2.07. The van der Waals surface area contributed by atoms with E-state index in [9.17, 15) is 0 Å². The monoisotopic (exact) mass is 180 g/mol. The fourth-order valence-corrected chi connectivity index (χ4v) is 1.79.